The van der Waals surface area contributed by atoms with Crippen molar-refractivity contribution in [2.45, 2.75) is 13.0 Å². The number of carbonyl (C=O) groups is 2. The smallest absolute Gasteiger partial charge is 0.341 e. The Kier molecular flexibility index (Phi) is 6.24. The lowest BCUT2D eigenvalue weighted by molar-refractivity contribution is -0.384. The number of hydrogen-bond acceptors (Lipinski definition) is 6. The average molecular weight is 393 g/mol. The molecule has 0 saturated heterocycles. The lowest BCUT2D eigenvalue weighted by Crippen LogP contribution is -2.30. The van der Waals surface area contributed by atoms with Crippen LogP contribution in [0, 0.1) is 21.7 Å². The molecular formula is C18H17F2N3O5. The fourth-order valence-electron chi connectivity index (χ4n) is 2.29. The molecule has 2 aromatic rings. The van der Waals surface area contributed by atoms with Crippen LogP contribution in [0.1, 0.15) is 17.3 Å². The Labute approximate surface area is 158 Å². The molecule has 1 amide bonds. The molecule has 0 aliphatic rings. The molecule has 2 aromatic carbocycles. The maximum atomic E-state index is 13.6. The van der Waals surface area contributed by atoms with Gasteiger partial charge < -0.3 is 15.0 Å². The average Bonchev–Trinajstić information content (AvgIpc) is 2.63. The summed E-state index contributed by atoms with van der Waals surface area (Å²) in [5, 5.41) is 13.1. The number of non-ortho nitro benzene ring substituents is 1. The SMILES string of the molecule is C[C@H](OC(=O)c1cc([N+](=O)[O-])ccc1N(C)C)C(=O)Nc1ccc(F)cc1F. The second kappa shape index (κ2) is 8.42. The van der Waals surface area contributed by atoms with Crippen molar-refractivity contribution < 1.29 is 28.0 Å². The third kappa shape index (κ3) is 4.78. The lowest BCUT2D eigenvalue weighted by atomic mass is 10.1. The maximum absolute atomic E-state index is 13.6. The molecule has 28 heavy (non-hydrogen) atoms. The molecule has 1 N–H and O–H groups in total. The van der Waals surface area contributed by atoms with Crippen LogP contribution in [-0.4, -0.2) is 37.0 Å². The summed E-state index contributed by atoms with van der Waals surface area (Å²) in [7, 11) is 3.26. The number of amides is 1. The highest BCUT2D eigenvalue weighted by Crippen LogP contribution is 2.25. The van der Waals surface area contributed by atoms with Crippen LogP contribution in [0.25, 0.3) is 0 Å². The Morgan fingerprint density at radius 3 is 2.43 bits per heavy atom. The van der Waals surface area contributed by atoms with Crippen LogP contribution in [0.4, 0.5) is 25.8 Å². The van der Waals surface area contributed by atoms with Gasteiger partial charge in [-0.3, -0.25) is 14.9 Å². The number of nitrogens with one attached hydrogen (secondary N) is 1. The Balaban J connectivity index is 2.18. The predicted octanol–water partition coefficient (Wildman–Crippen LogP) is 3.12. The molecule has 0 heterocycles. The van der Waals surface area contributed by atoms with Crippen molar-refractivity contribution in [2.24, 2.45) is 0 Å². The molecule has 0 aromatic heterocycles. The number of ether oxygens (including phenoxy) is 1. The van der Waals surface area contributed by atoms with E-state index in [1.165, 1.54) is 19.1 Å². The number of anilines is 2. The number of benzene rings is 2. The summed E-state index contributed by atoms with van der Waals surface area (Å²) in [5.41, 5.74) is -0.346. The number of carbonyl (C=O) groups excluding carboxylic acids is 2. The largest absolute Gasteiger partial charge is 0.449 e. The van der Waals surface area contributed by atoms with Crippen molar-refractivity contribution in [3.05, 3.63) is 63.7 Å². The first-order valence-electron chi connectivity index (χ1n) is 8.02. The number of nitro groups is 1. The van der Waals surface area contributed by atoms with Gasteiger partial charge in [0.1, 0.15) is 11.6 Å². The summed E-state index contributed by atoms with van der Waals surface area (Å²) >= 11 is 0. The Hall–Kier alpha value is -3.56. The van der Waals surface area contributed by atoms with Gasteiger partial charge in [-0.25, -0.2) is 13.6 Å². The maximum Gasteiger partial charge on any atom is 0.341 e. The van der Waals surface area contributed by atoms with E-state index in [2.05, 4.69) is 5.32 Å². The van der Waals surface area contributed by atoms with E-state index in [0.717, 1.165) is 18.2 Å². The van der Waals surface area contributed by atoms with E-state index >= 15 is 0 Å². The summed E-state index contributed by atoms with van der Waals surface area (Å²) in [5.74, 6) is -3.61. The summed E-state index contributed by atoms with van der Waals surface area (Å²) in [6, 6.07) is 6.25. The monoisotopic (exact) mass is 393 g/mol. The number of nitro benzene ring substituents is 1. The quantitative estimate of drug-likeness (QED) is 0.460. The molecular weight excluding hydrogens is 376 g/mol. The molecule has 0 saturated carbocycles. The van der Waals surface area contributed by atoms with Gasteiger partial charge in [0.2, 0.25) is 0 Å². The minimum atomic E-state index is -1.34. The Morgan fingerprint density at radius 1 is 1.18 bits per heavy atom. The van der Waals surface area contributed by atoms with Gasteiger partial charge in [0.25, 0.3) is 11.6 Å². The van der Waals surface area contributed by atoms with E-state index in [-0.39, 0.29) is 16.9 Å². The van der Waals surface area contributed by atoms with Crippen molar-refractivity contribution in [2.75, 3.05) is 24.3 Å². The van der Waals surface area contributed by atoms with Gasteiger partial charge in [0.15, 0.2) is 6.10 Å². The summed E-state index contributed by atoms with van der Waals surface area (Å²) in [6.45, 7) is 1.25. The third-order valence-electron chi connectivity index (χ3n) is 3.73. The van der Waals surface area contributed by atoms with E-state index in [4.69, 9.17) is 4.74 Å². The number of hydrogen-bond donors (Lipinski definition) is 1. The minimum Gasteiger partial charge on any atom is -0.449 e. The first kappa shape index (κ1) is 20.7. The molecule has 0 radical (unpaired) electrons. The zero-order valence-electron chi connectivity index (χ0n) is 15.2. The van der Waals surface area contributed by atoms with Gasteiger partial charge in [-0.1, -0.05) is 0 Å². The van der Waals surface area contributed by atoms with Crippen molar-refractivity contribution in [3.8, 4) is 0 Å². The standard InChI is InChI=1S/C18H17F2N3O5/c1-10(17(24)21-15-6-4-11(19)8-14(15)20)28-18(25)13-9-12(23(26)27)5-7-16(13)22(2)3/h4-10H,1-3H3,(H,21,24)/t10-/m0/s1. The summed E-state index contributed by atoms with van der Waals surface area (Å²) in [6.07, 6.45) is -1.34. The van der Waals surface area contributed by atoms with E-state index in [1.807, 2.05) is 0 Å². The van der Waals surface area contributed by atoms with Crippen molar-refractivity contribution >= 4 is 28.9 Å². The van der Waals surface area contributed by atoms with Crippen LogP contribution in [-0.2, 0) is 9.53 Å². The molecule has 0 fully saturated rings. The fourth-order valence-corrected chi connectivity index (χ4v) is 2.29. The Morgan fingerprint density at radius 2 is 1.86 bits per heavy atom. The molecule has 0 unspecified atom stereocenters. The molecule has 148 valence electrons. The van der Waals surface area contributed by atoms with Crippen LogP contribution >= 0.6 is 0 Å². The molecule has 2 rings (SSSR count). The molecule has 10 heteroatoms. The normalized spacial score (nSPS) is 11.5. The molecule has 8 nitrogen and oxygen atoms in total. The van der Waals surface area contributed by atoms with Crippen molar-refractivity contribution in [3.63, 3.8) is 0 Å². The van der Waals surface area contributed by atoms with Gasteiger partial charge >= 0.3 is 5.97 Å². The van der Waals surface area contributed by atoms with Crippen LogP contribution < -0.4 is 10.2 Å². The van der Waals surface area contributed by atoms with Crippen LogP contribution in [0.3, 0.4) is 0 Å². The molecule has 0 bridgehead atoms. The molecule has 0 spiro atoms. The van der Waals surface area contributed by atoms with E-state index in [1.54, 1.807) is 19.0 Å². The van der Waals surface area contributed by atoms with E-state index in [9.17, 15) is 28.5 Å². The highest BCUT2D eigenvalue weighted by molar-refractivity contribution is 6.00. The Bertz CT molecular complexity index is 933. The zero-order chi connectivity index (χ0) is 21.0. The van der Waals surface area contributed by atoms with Crippen molar-refractivity contribution in [1.82, 2.24) is 0 Å². The second-order valence-electron chi connectivity index (χ2n) is 6.01. The number of nitrogens with zero attached hydrogens (tertiary/aromatic N) is 2. The van der Waals surface area contributed by atoms with Gasteiger partial charge in [0, 0.05) is 32.3 Å². The number of halogens is 2. The summed E-state index contributed by atoms with van der Waals surface area (Å²) in [4.78, 5) is 36.4. The molecule has 0 aliphatic heterocycles. The molecule has 1 atom stereocenters. The number of rotatable bonds is 6. The lowest BCUT2D eigenvalue weighted by Gasteiger charge is -2.18. The fraction of sp³-hybridized carbons (Fsp3) is 0.222. The van der Waals surface area contributed by atoms with Crippen molar-refractivity contribution in [1.29, 1.82) is 0 Å². The van der Waals surface area contributed by atoms with Gasteiger partial charge in [-0.05, 0) is 25.1 Å². The highest BCUT2D eigenvalue weighted by atomic mass is 19.1. The first-order chi connectivity index (χ1) is 13.1. The van der Waals surface area contributed by atoms with E-state index < -0.39 is 34.5 Å². The molecule has 0 aliphatic carbocycles. The van der Waals surface area contributed by atoms with Crippen LogP contribution in [0.15, 0.2) is 36.4 Å². The predicted molar refractivity (Wildman–Crippen MR) is 97.3 cm³/mol. The third-order valence-corrected chi connectivity index (χ3v) is 3.73. The van der Waals surface area contributed by atoms with Crippen LogP contribution in [0.2, 0.25) is 0 Å². The number of esters is 1. The first-order valence-corrected chi connectivity index (χ1v) is 8.02. The van der Waals surface area contributed by atoms with Gasteiger partial charge in [-0.15, -0.1) is 0 Å². The van der Waals surface area contributed by atoms with E-state index in [0.29, 0.717) is 11.8 Å². The van der Waals surface area contributed by atoms with Crippen LogP contribution in [0.5, 0.6) is 0 Å². The highest BCUT2D eigenvalue weighted by Gasteiger charge is 2.24. The second-order valence-corrected chi connectivity index (χ2v) is 6.01. The van der Waals surface area contributed by atoms with Gasteiger partial charge in [0.05, 0.1) is 21.9 Å². The van der Waals surface area contributed by atoms with Gasteiger partial charge in [-0.2, -0.15) is 0 Å². The summed E-state index contributed by atoms with van der Waals surface area (Å²) < 4.78 is 31.6. The zero-order valence-corrected chi connectivity index (χ0v) is 15.2. The minimum absolute atomic E-state index is 0.105. The topological polar surface area (TPSA) is 102 Å².